The van der Waals surface area contributed by atoms with E-state index in [0.717, 1.165) is 25.0 Å². The Kier molecular flexibility index (Phi) is 4.50. The zero-order chi connectivity index (χ0) is 12.4. The minimum atomic E-state index is -0.614. The Morgan fingerprint density at radius 2 is 2.24 bits per heavy atom. The van der Waals surface area contributed by atoms with Crippen LogP contribution < -0.4 is 0 Å². The van der Waals surface area contributed by atoms with Crippen LogP contribution in [0.3, 0.4) is 0 Å². The predicted molar refractivity (Wildman–Crippen MR) is 73.5 cm³/mol. The van der Waals surface area contributed by atoms with Gasteiger partial charge in [-0.25, -0.2) is 4.39 Å². The van der Waals surface area contributed by atoms with Crippen LogP contribution in [-0.4, -0.2) is 16.8 Å². The molecule has 0 aliphatic carbocycles. The first-order valence-corrected chi connectivity index (χ1v) is 7.62. The van der Waals surface area contributed by atoms with Gasteiger partial charge in [-0.15, -0.1) is 0 Å². The Hall–Kier alpha value is -0.0600. The molecule has 1 fully saturated rings. The summed E-state index contributed by atoms with van der Waals surface area (Å²) < 4.78 is 14.4. The Balaban J connectivity index is 2.27. The van der Waals surface area contributed by atoms with Gasteiger partial charge >= 0.3 is 0 Å². The van der Waals surface area contributed by atoms with Crippen LogP contribution in [0, 0.1) is 5.82 Å². The fourth-order valence-corrected chi connectivity index (χ4v) is 3.58. The Morgan fingerprint density at radius 1 is 1.47 bits per heavy atom. The number of rotatable bonds is 2. The van der Waals surface area contributed by atoms with E-state index < -0.39 is 5.82 Å². The number of benzene rings is 1. The minimum Gasteiger partial charge on any atom is -0.293 e. The van der Waals surface area contributed by atoms with Crippen LogP contribution in [-0.2, 0) is 0 Å². The molecule has 1 aliphatic heterocycles. The number of hydrogen-bond acceptors (Lipinski definition) is 2. The lowest BCUT2D eigenvalue weighted by molar-refractivity contribution is 0.0981. The normalized spacial score (nSPS) is 20.3. The summed E-state index contributed by atoms with van der Waals surface area (Å²) >= 11 is 10.5. The van der Waals surface area contributed by atoms with Crippen molar-refractivity contribution < 1.29 is 9.18 Å². The van der Waals surface area contributed by atoms with E-state index in [2.05, 4.69) is 15.9 Å². The summed E-state index contributed by atoms with van der Waals surface area (Å²) in [6.45, 7) is 0. The van der Waals surface area contributed by atoms with Gasteiger partial charge in [-0.1, -0.05) is 18.0 Å². The second-order valence-electron chi connectivity index (χ2n) is 3.94. The minimum absolute atomic E-state index is 0.0170. The van der Waals surface area contributed by atoms with E-state index >= 15 is 0 Å². The van der Waals surface area contributed by atoms with Crippen molar-refractivity contribution in [2.75, 3.05) is 5.75 Å². The molecular formula is C12H11BrClFOS. The molecule has 0 spiro atoms. The molecule has 1 aliphatic rings. The fourth-order valence-electron chi connectivity index (χ4n) is 1.84. The van der Waals surface area contributed by atoms with Gasteiger partial charge in [0.25, 0.3) is 0 Å². The number of carbonyl (C=O) groups excluding carboxylic acids is 1. The third-order valence-corrected chi connectivity index (χ3v) is 5.41. The molecule has 0 bridgehead atoms. The average molecular weight is 338 g/mol. The quantitative estimate of drug-likeness (QED) is 0.574. The number of carbonyl (C=O) groups is 1. The third-order valence-electron chi connectivity index (χ3n) is 2.77. The van der Waals surface area contributed by atoms with Crippen molar-refractivity contribution in [3.63, 3.8) is 0 Å². The van der Waals surface area contributed by atoms with E-state index in [1.165, 1.54) is 6.07 Å². The average Bonchev–Trinajstić information content (AvgIpc) is 2.36. The summed E-state index contributed by atoms with van der Waals surface area (Å²) in [6, 6.07) is 3.12. The second kappa shape index (κ2) is 5.72. The van der Waals surface area contributed by atoms with Gasteiger partial charge in [-0.2, -0.15) is 11.8 Å². The molecule has 1 unspecified atom stereocenters. The molecule has 1 nitrogen and oxygen atoms in total. The molecule has 0 amide bonds. The molecule has 1 heterocycles. The largest absolute Gasteiger partial charge is 0.293 e. The lowest BCUT2D eigenvalue weighted by Gasteiger charge is -2.20. The van der Waals surface area contributed by atoms with Crippen LogP contribution in [0.2, 0.25) is 5.02 Å². The molecule has 0 N–H and O–H groups in total. The molecule has 2 rings (SSSR count). The fraction of sp³-hybridized carbons (Fsp3) is 0.417. The summed E-state index contributed by atoms with van der Waals surface area (Å²) in [5.41, 5.74) is 0.109. The van der Waals surface area contributed by atoms with Gasteiger partial charge in [0.05, 0.1) is 15.8 Å². The lowest BCUT2D eigenvalue weighted by Crippen LogP contribution is -2.22. The molecule has 5 heteroatoms. The van der Waals surface area contributed by atoms with Crippen LogP contribution >= 0.6 is 39.3 Å². The molecule has 92 valence electrons. The van der Waals surface area contributed by atoms with E-state index in [9.17, 15) is 9.18 Å². The Bertz CT molecular complexity index is 446. The van der Waals surface area contributed by atoms with Crippen LogP contribution in [0.4, 0.5) is 4.39 Å². The van der Waals surface area contributed by atoms with Crippen molar-refractivity contribution in [3.8, 4) is 0 Å². The van der Waals surface area contributed by atoms with Crippen molar-refractivity contribution in [3.05, 3.63) is 33.0 Å². The topological polar surface area (TPSA) is 17.1 Å². The first-order valence-electron chi connectivity index (χ1n) is 5.40. The predicted octanol–water partition coefficient (Wildman–Crippen LogP) is 4.71. The molecule has 0 radical (unpaired) electrons. The Morgan fingerprint density at radius 3 is 2.88 bits per heavy atom. The monoisotopic (exact) mass is 336 g/mol. The summed E-state index contributed by atoms with van der Waals surface area (Å²) in [5, 5.41) is -0.132. The maximum Gasteiger partial charge on any atom is 0.178 e. The van der Waals surface area contributed by atoms with Gasteiger partial charge in [-0.3, -0.25) is 4.79 Å². The number of Topliss-reactive ketones (excluding diaryl/α,β-unsaturated/α-hetero) is 1. The number of halogens is 3. The summed E-state index contributed by atoms with van der Waals surface area (Å²) in [5.74, 6) is 0.223. The van der Waals surface area contributed by atoms with Gasteiger partial charge in [-0.05, 0) is 46.7 Å². The zero-order valence-corrected chi connectivity index (χ0v) is 12.2. The molecule has 1 aromatic carbocycles. The van der Waals surface area contributed by atoms with Crippen LogP contribution in [0.15, 0.2) is 16.6 Å². The number of thioether (sulfide) groups is 1. The molecule has 1 saturated heterocycles. The van der Waals surface area contributed by atoms with Gasteiger partial charge in [0, 0.05) is 4.47 Å². The van der Waals surface area contributed by atoms with Gasteiger partial charge < -0.3 is 0 Å². The van der Waals surface area contributed by atoms with E-state index in [0.29, 0.717) is 4.47 Å². The lowest BCUT2D eigenvalue weighted by atomic mass is 10.0. The van der Waals surface area contributed by atoms with E-state index in [1.54, 1.807) is 17.8 Å². The first kappa shape index (κ1) is 13.4. The first-order chi connectivity index (χ1) is 8.11. The highest BCUT2D eigenvalue weighted by Crippen LogP contribution is 2.32. The van der Waals surface area contributed by atoms with Crippen LogP contribution in [0.25, 0.3) is 0 Å². The van der Waals surface area contributed by atoms with Gasteiger partial charge in [0.1, 0.15) is 0 Å². The number of ketones is 1. The SMILES string of the molecule is O=C(c1ccc(Br)c(Cl)c1F)C1CCCCS1. The third kappa shape index (κ3) is 2.85. The van der Waals surface area contributed by atoms with Crippen molar-refractivity contribution >= 4 is 45.1 Å². The molecule has 1 aromatic rings. The summed E-state index contributed by atoms with van der Waals surface area (Å²) in [6.07, 6.45) is 3.00. The van der Waals surface area contributed by atoms with Crippen molar-refractivity contribution in [2.24, 2.45) is 0 Å². The van der Waals surface area contributed by atoms with Gasteiger partial charge in [0.2, 0.25) is 0 Å². The van der Waals surface area contributed by atoms with Crippen molar-refractivity contribution in [1.82, 2.24) is 0 Å². The van der Waals surface area contributed by atoms with Crippen LogP contribution in [0.5, 0.6) is 0 Å². The Labute approximate surface area is 117 Å². The maximum atomic E-state index is 13.9. The summed E-state index contributed by atoms with van der Waals surface area (Å²) in [7, 11) is 0. The number of hydrogen-bond donors (Lipinski definition) is 0. The molecule has 0 aromatic heterocycles. The molecule has 17 heavy (non-hydrogen) atoms. The standard InChI is InChI=1S/C12H11BrClFOS/c13-8-5-4-7(11(15)10(8)14)12(16)9-3-1-2-6-17-9/h4-5,9H,1-3,6H2. The summed E-state index contributed by atoms with van der Waals surface area (Å²) in [4.78, 5) is 12.1. The molecule has 0 saturated carbocycles. The highest BCUT2D eigenvalue weighted by Gasteiger charge is 2.26. The van der Waals surface area contributed by atoms with E-state index in [4.69, 9.17) is 11.6 Å². The highest BCUT2D eigenvalue weighted by molar-refractivity contribution is 9.10. The smallest absolute Gasteiger partial charge is 0.178 e. The maximum absolute atomic E-state index is 13.9. The van der Waals surface area contributed by atoms with Crippen LogP contribution in [0.1, 0.15) is 29.6 Å². The second-order valence-corrected chi connectivity index (χ2v) is 6.49. The molecular weight excluding hydrogens is 327 g/mol. The zero-order valence-electron chi connectivity index (χ0n) is 9.01. The van der Waals surface area contributed by atoms with Crippen molar-refractivity contribution in [1.29, 1.82) is 0 Å². The van der Waals surface area contributed by atoms with Crippen molar-refractivity contribution in [2.45, 2.75) is 24.5 Å². The molecule has 1 atom stereocenters. The van der Waals surface area contributed by atoms with Gasteiger partial charge in [0.15, 0.2) is 11.6 Å². The van der Waals surface area contributed by atoms with E-state index in [-0.39, 0.29) is 21.6 Å². The highest BCUT2D eigenvalue weighted by atomic mass is 79.9. The van der Waals surface area contributed by atoms with E-state index in [1.807, 2.05) is 0 Å².